The van der Waals surface area contributed by atoms with Crippen molar-refractivity contribution in [3.8, 4) is 34.3 Å². The largest absolute Gasteiger partial charge is 0.497 e. The van der Waals surface area contributed by atoms with E-state index in [1.165, 1.54) is 11.8 Å². The van der Waals surface area contributed by atoms with Crippen molar-refractivity contribution in [2.45, 2.75) is 12.1 Å². The second-order valence-corrected chi connectivity index (χ2v) is 8.57. The van der Waals surface area contributed by atoms with E-state index in [1.54, 1.807) is 32.6 Å². The zero-order valence-corrected chi connectivity index (χ0v) is 21.6. The van der Waals surface area contributed by atoms with Gasteiger partial charge in [-0.1, -0.05) is 42.1 Å². The molecule has 0 saturated heterocycles. The average Bonchev–Trinajstić information content (AvgIpc) is 3.37. The van der Waals surface area contributed by atoms with Crippen LogP contribution in [0.25, 0.3) is 17.1 Å². The molecule has 1 N–H and O–H groups in total. The van der Waals surface area contributed by atoms with Crippen LogP contribution in [0.2, 0.25) is 0 Å². The number of hydrogen-bond donors (Lipinski definition) is 1. The second kappa shape index (κ2) is 12.6. The normalized spacial score (nSPS) is 10.9. The van der Waals surface area contributed by atoms with Crippen molar-refractivity contribution in [2.24, 2.45) is 5.10 Å². The fourth-order valence-electron chi connectivity index (χ4n) is 3.48. The van der Waals surface area contributed by atoms with Crippen LogP contribution in [-0.4, -0.2) is 53.5 Å². The minimum absolute atomic E-state index is 0.104. The van der Waals surface area contributed by atoms with E-state index in [4.69, 9.17) is 14.2 Å². The number of nitrogens with one attached hydrogen (secondary N) is 1. The molecular formula is C27H27N5O4S. The van der Waals surface area contributed by atoms with Crippen LogP contribution in [0.5, 0.6) is 17.2 Å². The molecule has 0 radical (unpaired) electrons. The molecule has 0 atom stereocenters. The van der Waals surface area contributed by atoms with Gasteiger partial charge in [0, 0.05) is 11.3 Å². The van der Waals surface area contributed by atoms with Gasteiger partial charge in [-0.15, -0.1) is 10.2 Å². The molecule has 0 aliphatic carbocycles. The maximum Gasteiger partial charge on any atom is 0.250 e. The van der Waals surface area contributed by atoms with Gasteiger partial charge >= 0.3 is 0 Å². The Morgan fingerprint density at radius 2 is 1.78 bits per heavy atom. The van der Waals surface area contributed by atoms with Crippen molar-refractivity contribution in [2.75, 3.05) is 26.6 Å². The SMILES string of the molecule is CCOc1ccc(C=NNC(=O)CSc2nnc(-c3ccccc3)n2-c2ccc(OC)cc2)cc1OC. The van der Waals surface area contributed by atoms with E-state index in [2.05, 4.69) is 20.7 Å². The van der Waals surface area contributed by atoms with Crippen molar-refractivity contribution < 1.29 is 19.0 Å². The molecule has 0 bridgehead atoms. The first-order valence-electron chi connectivity index (χ1n) is 11.5. The van der Waals surface area contributed by atoms with E-state index in [0.29, 0.717) is 29.1 Å². The summed E-state index contributed by atoms with van der Waals surface area (Å²) < 4.78 is 18.1. The Hall–Kier alpha value is -4.31. The van der Waals surface area contributed by atoms with Crippen LogP contribution < -0.4 is 19.6 Å². The highest BCUT2D eigenvalue weighted by atomic mass is 32.2. The number of ether oxygens (including phenoxy) is 3. The van der Waals surface area contributed by atoms with Gasteiger partial charge in [-0.05, 0) is 55.0 Å². The maximum atomic E-state index is 12.5. The summed E-state index contributed by atoms with van der Waals surface area (Å²) in [6.07, 6.45) is 1.55. The van der Waals surface area contributed by atoms with E-state index in [9.17, 15) is 4.79 Å². The summed E-state index contributed by atoms with van der Waals surface area (Å²) >= 11 is 1.27. The zero-order chi connectivity index (χ0) is 26.0. The van der Waals surface area contributed by atoms with Crippen LogP contribution in [0.15, 0.2) is 83.1 Å². The number of amides is 1. The number of carbonyl (C=O) groups is 1. The van der Waals surface area contributed by atoms with E-state index in [1.807, 2.05) is 72.2 Å². The highest BCUT2D eigenvalue weighted by Crippen LogP contribution is 2.29. The topological polar surface area (TPSA) is 99.9 Å². The number of hydrazone groups is 1. The molecule has 3 aromatic carbocycles. The van der Waals surface area contributed by atoms with Crippen LogP contribution in [0.3, 0.4) is 0 Å². The van der Waals surface area contributed by atoms with E-state index in [-0.39, 0.29) is 11.7 Å². The minimum atomic E-state index is -0.273. The van der Waals surface area contributed by atoms with Gasteiger partial charge in [-0.3, -0.25) is 9.36 Å². The van der Waals surface area contributed by atoms with Gasteiger partial charge in [0.15, 0.2) is 22.5 Å². The molecule has 37 heavy (non-hydrogen) atoms. The Morgan fingerprint density at radius 3 is 2.49 bits per heavy atom. The first kappa shape index (κ1) is 25.8. The van der Waals surface area contributed by atoms with Crippen LogP contribution in [-0.2, 0) is 4.79 Å². The van der Waals surface area contributed by atoms with E-state index >= 15 is 0 Å². The number of nitrogens with zero attached hydrogens (tertiary/aromatic N) is 4. The van der Waals surface area contributed by atoms with Gasteiger partial charge in [-0.2, -0.15) is 5.10 Å². The van der Waals surface area contributed by atoms with Gasteiger partial charge in [0.25, 0.3) is 5.91 Å². The number of rotatable bonds is 11. The number of hydrogen-bond acceptors (Lipinski definition) is 8. The Balaban J connectivity index is 1.46. The predicted octanol–water partition coefficient (Wildman–Crippen LogP) is 4.59. The van der Waals surface area contributed by atoms with Crippen LogP contribution in [0.4, 0.5) is 0 Å². The lowest BCUT2D eigenvalue weighted by Gasteiger charge is -2.11. The summed E-state index contributed by atoms with van der Waals surface area (Å²) in [6, 6.07) is 22.8. The van der Waals surface area contributed by atoms with Crippen molar-refractivity contribution >= 4 is 23.9 Å². The van der Waals surface area contributed by atoms with Crippen LogP contribution in [0.1, 0.15) is 12.5 Å². The highest BCUT2D eigenvalue weighted by molar-refractivity contribution is 7.99. The molecular weight excluding hydrogens is 490 g/mol. The lowest BCUT2D eigenvalue weighted by molar-refractivity contribution is -0.118. The quantitative estimate of drug-likeness (QED) is 0.176. The van der Waals surface area contributed by atoms with Gasteiger partial charge < -0.3 is 14.2 Å². The van der Waals surface area contributed by atoms with Crippen LogP contribution in [0, 0.1) is 0 Å². The molecule has 1 heterocycles. The van der Waals surface area contributed by atoms with Gasteiger partial charge in [0.05, 0.1) is 32.8 Å². The molecule has 0 spiro atoms. The molecule has 1 aromatic heterocycles. The Morgan fingerprint density at radius 1 is 1.00 bits per heavy atom. The molecule has 9 nitrogen and oxygen atoms in total. The molecule has 1 amide bonds. The average molecular weight is 518 g/mol. The van der Waals surface area contributed by atoms with Crippen LogP contribution >= 0.6 is 11.8 Å². The number of aromatic nitrogens is 3. The first-order chi connectivity index (χ1) is 18.1. The Labute approximate surface area is 219 Å². The fourth-order valence-corrected chi connectivity index (χ4v) is 4.23. The number of methoxy groups -OCH3 is 2. The summed E-state index contributed by atoms with van der Waals surface area (Å²) in [6.45, 7) is 2.45. The number of carbonyl (C=O) groups excluding carboxylic acids is 1. The van der Waals surface area contributed by atoms with E-state index in [0.717, 1.165) is 22.6 Å². The molecule has 0 aliphatic heterocycles. The van der Waals surface area contributed by atoms with Crippen molar-refractivity contribution in [3.05, 3.63) is 78.4 Å². The summed E-state index contributed by atoms with van der Waals surface area (Å²) in [5.41, 5.74) is 5.09. The fraction of sp³-hybridized carbons (Fsp3) is 0.185. The summed E-state index contributed by atoms with van der Waals surface area (Å²) in [5.74, 6) is 2.50. The third-order valence-electron chi connectivity index (χ3n) is 5.22. The molecule has 190 valence electrons. The Bertz CT molecular complexity index is 1360. The van der Waals surface area contributed by atoms with Crippen molar-refractivity contribution in [1.82, 2.24) is 20.2 Å². The third-order valence-corrected chi connectivity index (χ3v) is 6.15. The molecule has 0 saturated carbocycles. The predicted molar refractivity (Wildman–Crippen MR) is 144 cm³/mol. The summed E-state index contributed by atoms with van der Waals surface area (Å²) in [5, 5.41) is 13.4. The zero-order valence-electron chi connectivity index (χ0n) is 20.7. The monoisotopic (exact) mass is 517 g/mol. The molecule has 4 aromatic rings. The van der Waals surface area contributed by atoms with Gasteiger partial charge in [-0.25, -0.2) is 5.43 Å². The summed E-state index contributed by atoms with van der Waals surface area (Å²) in [4.78, 5) is 12.5. The first-order valence-corrected chi connectivity index (χ1v) is 12.5. The molecule has 0 aliphatic rings. The molecule has 0 fully saturated rings. The highest BCUT2D eigenvalue weighted by Gasteiger charge is 2.17. The number of thioether (sulfide) groups is 1. The lowest BCUT2D eigenvalue weighted by Crippen LogP contribution is -2.20. The van der Waals surface area contributed by atoms with Gasteiger partial charge in [0.2, 0.25) is 0 Å². The molecule has 4 rings (SSSR count). The number of benzene rings is 3. The third kappa shape index (κ3) is 6.47. The second-order valence-electron chi connectivity index (χ2n) is 7.63. The van der Waals surface area contributed by atoms with Gasteiger partial charge in [0.1, 0.15) is 5.75 Å². The van der Waals surface area contributed by atoms with Crippen molar-refractivity contribution in [1.29, 1.82) is 0 Å². The van der Waals surface area contributed by atoms with E-state index < -0.39 is 0 Å². The minimum Gasteiger partial charge on any atom is -0.497 e. The van der Waals surface area contributed by atoms with Crippen molar-refractivity contribution in [3.63, 3.8) is 0 Å². The maximum absolute atomic E-state index is 12.5. The lowest BCUT2D eigenvalue weighted by atomic mass is 10.2. The Kier molecular flexibility index (Phi) is 8.77. The molecule has 10 heteroatoms. The smallest absolute Gasteiger partial charge is 0.250 e. The molecule has 0 unspecified atom stereocenters. The standard InChI is InChI=1S/C27H27N5O4S/c1-4-36-23-15-10-19(16-24(23)35-3)17-28-29-25(33)18-37-27-31-30-26(20-8-6-5-7-9-20)32(27)21-11-13-22(34-2)14-12-21/h5-17H,4,18H2,1-3H3,(H,29,33). The summed E-state index contributed by atoms with van der Waals surface area (Å²) in [7, 11) is 3.20.